The molecule has 1 aliphatic rings. The van der Waals surface area contributed by atoms with E-state index in [-0.39, 0.29) is 24.8 Å². The third-order valence-electron chi connectivity index (χ3n) is 4.66. The zero-order chi connectivity index (χ0) is 22.3. The minimum Gasteiger partial charge on any atom is -0.463 e. The highest BCUT2D eigenvalue weighted by atomic mass is 16.6. The molecule has 4 heterocycles. The summed E-state index contributed by atoms with van der Waals surface area (Å²) in [6.45, 7) is 2.21. The summed E-state index contributed by atoms with van der Waals surface area (Å²) in [4.78, 5) is 38.8. The first-order valence-corrected chi connectivity index (χ1v) is 9.99. The van der Waals surface area contributed by atoms with Crippen LogP contribution in [0.1, 0.15) is 21.9 Å². The van der Waals surface area contributed by atoms with Crippen LogP contribution in [0.2, 0.25) is 0 Å². The van der Waals surface area contributed by atoms with Crippen molar-refractivity contribution in [2.24, 2.45) is 0 Å². The maximum Gasteiger partial charge on any atom is 0.410 e. The summed E-state index contributed by atoms with van der Waals surface area (Å²) >= 11 is 0. The molecule has 0 atom stereocenters. The average Bonchev–Trinajstić information content (AvgIpc) is 3.37. The highest BCUT2D eigenvalue weighted by Crippen LogP contribution is 2.19. The van der Waals surface area contributed by atoms with E-state index in [1.165, 1.54) is 12.3 Å². The van der Waals surface area contributed by atoms with Crippen molar-refractivity contribution in [2.75, 3.05) is 32.0 Å². The molecule has 3 N–H and O–H groups in total. The van der Waals surface area contributed by atoms with Gasteiger partial charge in [0.1, 0.15) is 18.0 Å². The number of aromatic nitrogens is 3. The number of morpholine rings is 1. The van der Waals surface area contributed by atoms with Crippen molar-refractivity contribution in [3.8, 4) is 11.5 Å². The van der Waals surface area contributed by atoms with Crippen LogP contribution < -0.4 is 11.1 Å². The molecule has 32 heavy (non-hydrogen) atoms. The van der Waals surface area contributed by atoms with Gasteiger partial charge in [-0.15, -0.1) is 0 Å². The van der Waals surface area contributed by atoms with Gasteiger partial charge in [0.15, 0.2) is 5.76 Å². The van der Waals surface area contributed by atoms with E-state index < -0.39 is 12.0 Å². The fourth-order valence-corrected chi connectivity index (χ4v) is 3.08. The number of nitrogens with two attached hydrogens (primary N) is 1. The average molecular weight is 438 g/mol. The Balaban J connectivity index is 1.34. The van der Waals surface area contributed by atoms with Crippen molar-refractivity contribution >= 4 is 17.9 Å². The van der Waals surface area contributed by atoms with E-state index >= 15 is 0 Å². The Morgan fingerprint density at radius 1 is 1.09 bits per heavy atom. The Bertz CT molecular complexity index is 1080. The topological polar surface area (TPSA) is 146 Å². The second-order valence-corrected chi connectivity index (χ2v) is 6.93. The van der Waals surface area contributed by atoms with E-state index in [0.29, 0.717) is 49.1 Å². The van der Waals surface area contributed by atoms with Crippen LogP contribution in [0.4, 0.5) is 10.7 Å². The monoisotopic (exact) mass is 438 g/mol. The van der Waals surface area contributed by atoms with Gasteiger partial charge in [-0.3, -0.25) is 9.78 Å². The van der Waals surface area contributed by atoms with Crippen LogP contribution in [0.25, 0.3) is 11.5 Å². The van der Waals surface area contributed by atoms with Crippen LogP contribution in [-0.4, -0.2) is 58.2 Å². The minimum absolute atomic E-state index is 0.0347. The van der Waals surface area contributed by atoms with Crippen molar-refractivity contribution in [2.45, 2.75) is 13.2 Å². The Morgan fingerprint density at radius 3 is 2.69 bits per heavy atom. The molecule has 0 aliphatic carbocycles. The molecular weight excluding hydrogens is 416 g/mol. The van der Waals surface area contributed by atoms with Crippen LogP contribution >= 0.6 is 0 Å². The quantitative estimate of drug-likeness (QED) is 0.586. The summed E-state index contributed by atoms with van der Waals surface area (Å²) in [6.07, 6.45) is 1.10. The van der Waals surface area contributed by atoms with Crippen molar-refractivity contribution in [3.63, 3.8) is 0 Å². The van der Waals surface area contributed by atoms with E-state index in [0.717, 1.165) is 0 Å². The summed E-state index contributed by atoms with van der Waals surface area (Å²) < 4.78 is 15.8. The number of furan rings is 1. The lowest BCUT2D eigenvalue weighted by Gasteiger charge is -2.25. The second kappa shape index (κ2) is 9.88. The number of hydrogen-bond acceptors (Lipinski definition) is 9. The first-order valence-electron chi connectivity index (χ1n) is 9.99. The maximum atomic E-state index is 12.6. The highest BCUT2D eigenvalue weighted by Gasteiger charge is 2.18. The summed E-state index contributed by atoms with van der Waals surface area (Å²) in [5.41, 5.74) is 7.43. The number of nitrogens with zero attached hydrogens (tertiary/aromatic N) is 4. The molecule has 166 valence electrons. The van der Waals surface area contributed by atoms with Gasteiger partial charge in [0.2, 0.25) is 5.95 Å². The number of nitrogens with one attached hydrogen (secondary N) is 1. The Labute approximate surface area is 183 Å². The molecule has 11 heteroatoms. The molecular formula is C21H22N6O5. The number of ether oxygens (including phenoxy) is 2. The summed E-state index contributed by atoms with van der Waals surface area (Å²) in [7, 11) is 0. The molecule has 3 aromatic rings. The van der Waals surface area contributed by atoms with E-state index in [9.17, 15) is 9.59 Å². The van der Waals surface area contributed by atoms with Crippen LogP contribution in [-0.2, 0) is 22.6 Å². The Hall–Kier alpha value is -3.99. The summed E-state index contributed by atoms with van der Waals surface area (Å²) in [5.74, 6) is 0.0123. The normalized spacial score (nSPS) is 13.6. The maximum absolute atomic E-state index is 12.6. The molecule has 4 rings (SSSR count). The van der Waals surface area contributed by atoms with Gasteiger partial charge in [0.05, 0.1) is 37.4 Å². The van der Waals surface area contributed by atoms with Crippen molar-refractivity contribution < 1.29 is 23.5 Å². The lowest BCUT2D eigenvalue weighted by molar-refractivity contribution is 0.0246. The largest absolute Gasteiger partial charge is 0.463 e. The van der Waals surface area contributed by atoms with Crippen LogP contribution in [0.3, 0.4) is 0 Å². The summed E-state index contributed by atoms with van der Waals surface area (Å²) in [6, 6.07) is 10.2. The standard InChI is InChI=1S/C21H22N6O5/c22-20-25-16(18-5-2-8-31-18)11-17(26-20)19(28)23-12-14-3-1-4-15(24-14)13-32-21(29)27-6-9-30-10-7-27/h1-5,8,11H,6-7,9-10,12-13H2,(H,23,28)(H2,22,25,26). The molecule has 0 bridgehead atoms. The SMILES string of the molecule is Nc1nc(C(=O)NCc2cccc(COC(=O)N3CCOCC3)n2)cc(-c2ccco2)n1. The predicted octanol–water partition coefficient (Wildman–Crippen LogP) is 1.61. The molecule has 0 spiro atoms. The van der Waals surface area contributed by atoms with E-state index in [1.54, 1.807) is 35.2 Å². The summed E-state index contributed by atoms with van der Waals surface area (Å²) in [5, 5.41) is 2.75. The Kier molecular flexibility index (Phi) is 6.56. The van der Waals surface area contributed by atoms with Crippen LogP contribution in [0, 0.1) is 0 Å². The number of pyridine rings is 1. The van der Waals surface area contributed by atoms with Gasteiger partial charge >= 0.3 is 6.09 Å². The number of carbonyl (C=O) groups excluding carboxylic acids is 2. The molecule has 0 radical (unpaired) electrons. The van der Waals surface area contributed by atoms with Gasteiger partial charge in [0, 0.05) is 13.1 Å². The van der Waals surface area contributed by atoms with E-state index in [1.807, 2.05) is 0 Å². The third kappa shape index (κ3) is 5.38. The number of hydrogen-bond donors (Lipinski definition) is 2. The molecule has 3 aromatic heterocycles. The first-order chi connectivity index (χ1) is 15.6. The van der Waals surface area contributed by atoms with Gasteiger partial charge < -0.3 is 29.8 Å². The lowest BCUT2D eigenvalue weighted by atomic mass is 10.2. The van der Waals surface area contributed by atoms with E-state index in [4.69, 9.17) is 19.6 Å². The zero-order valence-electron chi connectivity index (χ0n) is 17.2. The molecule has 0 saturated carbocycles. The van der Waals surface area contributed by atoms with Crippen molar-refractivity contribution in [1.82, 2.24) is 25.2 Å². The molecule has 0 unspecified atom stereocenters. The minimum atomic E-state index is -0.433. The smallest absolute Gasteiger partial charge is 0.410 e. The van der Waals surface area contributed by atoms with Gasteiger partial charge in [-0.2, -0.15) is 0 Å². The van der Waals surface area contributed by atoms with Gasteiger partial charge in [-0.1, -0.05) is 6.07 Å². The van der Waals surface area contributed by atoms with Crippen molar-refractivity contribution in [3.05, 3.63) is 59.7 Å². The third-order valence-corrected chi connectivity index (χ3v) is 4.66. The van der Waals surface area contributed by atoms with Crippen LogP contribution in [0.5, 0.6) is 0 Å². The number of anilines is 1. The molecule has 1 aliphatic heterocycles. The van der Waals surface area contributed by atoms with Crippen LogP contribution in [0.15, 0.2) is 47.1 Å². The number of amides is 2. The van der Waals surface area contributed by atoms with E-state index in [2.05, 4.69) is 20.3 Å². The molecule has 0 aromatic carbocycles. The molecule has 1 fully saturated rings. The van der Waals surface area contributed by atoms with Crippen molar-refractivity contribution in [1.29, 1.82) is 0 Å². The molecule has 1 saturated heterocycles. The number of rotatable bonds is 6. The van der Waals surface area contributed by atoms with Gasteiger partial charge in [0.25, 0.3) is 5.91 Å². The number of nitrogen functional groups attached to an aromatic ring is 1. The zero-order valence-corrected chi connectivity index (χ0v) is 17.2. The molecule has 11 nitrogen and oxygen atoms in total. The second-order valence-electron chi connectivity index (χ2n) is 6.93. The highest BCUT2D eigenvalue weighted by molar-refractivity contribution is 5.93. The predicted molar refractivity (Wildman–Crippen MR) is 112 cm³/mol. The molecule has 2 amide bonds. The fourth-order valence-electron chi connectivity index (χ4n) is 3.08. The first kappa shape index (κ1) is 21.2. The lowest BCUT2D eigenvalue weighted by Crippen LogP contribution is -2.40. The van der Waals surface area contributed by atoms with Gasteiger partial charge in [-0.25, -0.2) is 14.8 Å². The van der Waals surface area contributed by atoms with Gasteiger partial charge in [-0.05, 0) is 30.3 Å². The fraction of sp³-hybridized carbons (Fsp3) is 0.286. The Morgan fingerprint density at radius 2 is 1.91 bits per heavy atom. The number of carbonyl (C=O) groups is 2.